The van der Waals surface area contributed by atoms with Crippen LogP contribution in [0.4, 0.5) is 0 Å². The molecule has 1 aliphatic rings. The standard InChI is InChI=1S/C37H40O8/c1-23(2)35(40)44-17-15-42-33(38)11-13-37(14-12-34(39)43-16-18-45-36(41)24(3)4)31-20-26(6)25(5)19-29(31)30-21-27-9-7-8-10-28(27)22-32(30)37/h7-10,19-22H,1,3,11-18H2,2,4-6H3. The summed E-state index contributed by atoms with van der Waals surface area (Å²) in [5.74, 6) is -1.93. The number of carbonyl (C=O) groups excluding carboxylic acids is 4. The maximum atomic E-state index is 13.0. The molecule has 0 amide bonds. The smallest absolute Gasteiger partial charge is 0.333 e. The average Bonchev–Trinajstić information content (AvgIpc) is 3.25. The molecule has 45 heavy (non-hydrogen) atoms. The molecule has 0 atom stereocenters. The largest absolute Gasteiger partial charge is 0.462 e. The normalized spacial score (nSPS) is 12.5. The average molecular weight is 613 g/mol. The number of hydrogen-bond donors (Lipinski definition) is 0. The topological polar surface area (TPSA) is 105 Å². The Morgan fingerprint density at radius 2 is 1.04 bits per heavy atom. The van der Waals surface area contributed by atoms with Crippen molar-refractivity contribution in [3.05, 3.63) is 95.1 Å². The molecule has 8 heteroatoms. The molecule has 0 aliphatic heterocycles. The predicted octanol–water partition coefficient (Wildman–Crippen LogP) is 6.61. The van der Waals surface area contributed by atoms with Crippen molar-refractivity contribution in [1.29, 1.82) is 0 Å². The molecule has 0 bridgehead atoms. The van der Waals surface area contributed by atoms with Crippen LogP contribution in [0.2, 0.25) is 0 Å². The summed E-state index contributed by atoms with van der Waals surface area (Å²) in [5.41, 5.74) is 6.39. The van der Waals surface area contributed by atoms with Crippen molar-refractivity contribution in [3.63, 3.8) is 0 Å². The van der Waals surface area contributed by atoms with Gasteiger partial charge in [0, 0.05) is 29.4 Å². The van der Waals surface area contributed by atoms with Crippen LogP contribution >= 0.6 is 0 Å². The minimum Gasteiger partial charge on any atom is -0.462 e. The number of carbonyl (C=O) groups is 4. The molecular weight excluding hydrogens is 572 g/mol. The Labute approximate surface area is 264 Å². The van der Waals surface area contributed by atoms with Crippen LogP contribution in [0.5, 0.6) is 0 Å². The van der Waals surface area contributed by atoms with Crippen molar-refractivity contribution in [2.24, 2.45) is 0 Å². The van der Waals surface area contributed by atoms with Gasteiger partial charge in [-0.2, -0.15) is 0 Å². The van der Waals surface area contributed by atoms with Gasteiger partial charge in [0.15, 0.2) is 0 Å². The second-order valence-electron chi connectivity index (χ2n) is 11.6. The Bertz CT molecular complexity index is 1610. The number of benzene rings is 3. The zero-order valence-corrected chi connectivity index (χ0v) is 26.5. The van der Waals surface area contributed by atoms with E-state index in [9.17, 15) is 19.2 Å². The first-order valence-electron chi connectivity index (χ1n) is 15.0. The first-order chi connectivity index (χ1) is 21.4. The first-order valence-corrected chi connectivity index (χ1v) is 15.0. The lowest BCUT2D eigenvalue weighted by molar-refractivity contribution is -0.150. The number of aryl methyl sites for hydroxylation is 2. The molecule has 0 heterocycles. The summed E-state index contributed by atoms with van der Waals surface area (Å²) in [6, 6.07) is 16.8. The molecule has 3 aromatic rings. The van der Waals surface area contributed by atoms with Gasteiger partial charge in [0.05, 0.1) is 0 Å². The van der Waals surface area contributed by atoms with Gasteiger partial charge in [-0.05, 0) is 96.8 Å². The highest BCUT2D eigenvalue weighted by Crippen LogP contribution is 2.55. The zero-order valence-electron chi connectivity index (χ0n) is 26.5. The van der Waals surface area contributed by atoms with Crippen molar-refractivity contribution in [1.82, 2.24) is 0 Å². The summed E-state index contributed by atoms with van der Waals surface area (Å²) in [5, 5.41) is 2.16. The van der Waals surface area contributed by atoms with Gasteiger partial charge in [-0.25, -0.2) is 9.59 Å². The van der Waals surface area contributed by atoms with Crippen LogP contribution in [-0.2, 0) is 43.5 Å². The minimum absolute atomic E-state index is 0.0633. The molecule has 0 spiro atoms. The summed E-state index contributed by atoms with van der Waals surface area (Å²) in [6.45, 7) is 14.1. The van der Waals surface area contributed by atoms with Gasteiger partial charge in [0.25, 0.3) is 0 Å². The summed E-state index contributed by atoms with van der Waals surface area (Å²) < 4.78 is 20.9. The Balaban J connectivity index is 1.61. The van der Waals surface area contributed by atoms with Crippen LogP contribution in [0.3, 0.4) is 0 Å². The molecule has 0 saturated heterocycles. The van der Waals surface area contributed by atoms with Crippen LogP contribution in [0.25, 0.3) is 21.9 Å². The SMILES string of the molecule is C=C(C)C(=O)OCCOC(=O)CCC1(CCC(=O)OCCOC(=O)C(=C)C)c2cc(C)c(C)cc2-c2cc3ccccc3cc21. The van der Waals surface area contributed by atoms with E-state index in [0.29, 0.717) is 12.8 Å². The van der Waals surface area contributed by atoms with Gasteiger partial charge in [0.2, 0.25) is 0 Å². The number of fused-ring (bicyclic) bond motifs is 4. The van der Waals surface area contributed by atoms with Gasteiger partial charge in [-0.15, -0.1) is 0 Å². The van der Waals surface area contributed by atoms with E-state index in [1.54, 1.807) is 13.8 Å². The fraction of sp³-hybridized carbons (Fsp3) is 0.351. The molecule has 3 aromatic carbocycles. The van der Waals surface area contributed by atoms with Crippen LogP contribution in [0.1, 0.15) is 61.8 Å². The van der Waals surface area contributed by atoms with Gasteiger partial charge in [-0.1, -0.05) is 49.6 Å². The highest BCUT2D eigenvalue weighted by atomic mass is 16.6. The molecule has 8 nitrogen and oxygen atoms in total. The summed E-state index contributed by atoms with van der Waals surface area (Å²) in [6.07, 6.45) is 0.946. The molecular formula is C37H40O8. The molecule has 0 aromatic heterocycles. The van der Waals surface area contributed by atoms with Crippen molar-refractivity contribution < 1.29 is 38.1 Å². The van der Waals surface area contributed by atoms with E-state index in [-0.39, 0.29) is 50.4 Å². The summed E-state index contributed by atoms with van der Waals surface area (Å²) in [4.78, 5) is 49.2. The van der Waals surface area contributed by atoms with Gasteiger partial charge in [0.1, 0.15) is 26.4 Å². The van der Waals surface area contributed by atoms with E-state index in [2.05, 4.69) is 63.4 Å². The minimum atomic E-state index is -0.677. The molecule has 4 rings (SSSR count). The Kier molecular flexibility index (Phi) is 10.6. The van der Waals surface area contributed by atoms with Crippen molar-refractivity contribution in [2.45, 2.75) is 58.8 Å². The maximum absolute atomic E-state index is 13.0. The quantitative estimate of drug-likeness (QED) is 0.0867. The number of esters is 4. The second-order valence-corrected chi connectivity index (χ2v) is 11.6. The predicted molar refractivity (Wildman–Crippen MR) is 172 cm³/mol. The highest BCUT2D eigenvalue weighted by Gasteiger charge is 2.44. The molecule has 0 radical (unpaired) electrons. The van der Waals surface area contributed by atoms with Crippen molar-refractivity contribution in [3.8, 4) is 11.1 Å². The summed E-state index contributed by atoms with van der Waals surface area (Å²) >= 11 is 0. The van der Waals surface area contributed by atoms with E-state index >= 15 is 0 Å². The highest BCUT2D eigenvalue weighted by molar-refractivity contribution is 5.94. The zero-order chi connectivity index (χ0) is 32.7. The van der Waals surface area contributed by atoms with Crippen LogP contribution < -0.4 is 0 Å². The molecule has 1 aliphatic carbocycles. The van der Waals surface area contributed by atoms with Crippen LogP contribution in [0, 0.1) is 13.8 Å². The Morgan fingerprint density at radius 3 is 1.56 bits per heavy atom. The number of hydrogen-bond acceptors (Lipinski definition) is 8. The molecule has 0 saturated carbocycles. The van der Waals surface area contributed by atoms with Crippen molar-refractivity contribution in [2.75, 3.05) is 26.4 Å². The van der Waals surface area contributed by atoms with Crippen LogP contribution in [0.15, 0.2) is 72.8 Å². The van der Waals surface area contributed by atoms with E-state index < -0.39 is 29.3 Å². The fourth-order valence-electron chi connectivity index (χ4n) is 5.70. The third-order valence-electron chi connectivity index (χ3n) is 8.21. The van der Waals surface area contributed by atoms with Gasteiger partial charge >= 0.3 is 23.9 Å². The van der Waals surface area contributed by atoms with E-state index in [1.807, 2.05) is 12.1 Å². The van der Waals surface area contributed by atoms with Crippen molar-refractivity contribution >= 4 is 34.6 Å². The molecule has 0 fully saturated rings. The summed E-state index contributed by atoms with van der Waals surface area (Å²) in [7, 11) is 0. The first kappa shape index (κ1) is 33.2. The van der Waals surface area contributed by atoms with Gasteiger partial charge < -0.3 is 18.9 Å². The lowest BCUT2D eigenvalue weighted by Gasteiger charge is -2.32. The molecule has 0 unspecified atom stereocenters. The monoisotopic (exact) mass is 612 g/mol. The fourth-order valence-corrected chi connectivity index (χ4v) is 5.70. The van der Waals surface area contributed by atoms with Gasteiger partial charge in [-0.3, -0.25) is 9.59 Å². The third kappa shape index (κ3) is 7.69. The Morgan fingerprint density at radius 1 is 0.622 bits per heavy atom. The Hall–Kier alpha value is -4.72. The lowest BCUT2D eigenvalue weighted by Crippen LogP contribution is -2.29. The number of ether oxygens (including phenoxy) is 4. The van der Waals surface area contributed by atoms with E-state index in [4.69, 9.17) is 18.9 Å². The number of rotatable bonds is 14. The van der Waals surface area contributed by atoms with E-state index in [0.717, 1.165) is 44.2 Å². The second kappa shape index (κ2) is 14.4. The maximum Gasteiger partial charge on any atom is 0.333 e. The van der Waals surface area contributed by atoms with E-state index in [1.165, 1.54) is 0 Å². The van der Waals surface area contributed by atoms with Crippen LogP contribution in [-0.4, -0.2) is 50.3 Å². The lowest BCUT2D eigenvalue weighted by atomic mass is 9.70. The third-order valence-corrected chi connectivity index (χ3v) is 8.21. The molecule has 236 valence electrons. The molecule has 0 N–H and O–H groups in total.